The molecule has 0 saturated heterocycles. The van der Waals surface area contributed by atoms with Crippen LogP contribution in [0.1, 0.15) is 31.4 Å². The number of halogens is 2. The third-order valence-corrected chi connectivity index (χ3v) is 10.3. The van der Waals surface area contributed by atoms with Crippen molar-refractivity contribution in [2.75, 3.05) is 31.3 Å². The Morgan fingerprint density at radius 1 is 1.11 bits per heavy atom. The van der Waals surface area contributed by atoms with Gasteiger partial charge in [-0.25, -0.2) is 22.8 Å². The number of sulfone groups is 1. The Morgan fingerprint density at radius 2 is 1.95 bits per heavy atom. The molecule has 0 aliphatic carbocycles. The van der Waals surface area contributed by atoms with Gasteiger partial charge >= 0.3 is 0 Å². The molecule has 2 N–H and O–H groups in total. The Hall–Kier alpha value is -3.74. The molecule has 1 aliphatic heterocycles. The van der Waals surface area contributed by atoms with Crippen molar-refractivity contribution in [1.29, 1.82) is 0 Å². The number of rotatable bonds is 13. The molecule has 5 rings (SSSR count). The van der Waals surface area contributed by atoms with E-state index in [0.29, 0.717) is 42.3 Å². The standard InChI is InChI=1S/C32H34BrFN4O5S/c1-21(2)44(39,40)13-11-35-19-32(10-5-12-43-32)26-16-25-28(17-30(26)41-3)36-20-37-31(25)38-24-8-9-29(27(33)15-24)42-18-22-6-4-7-23(34)14-22/h4-9,12,14-17,20-21,35H,10-11,13,18-19H2,1-3H3,(H,36,37,38). The van der Waals surface area contributed by atoms with Crippen LogP contribution in [-0.4, -0.2) is 49.6 Å². The second-order valence-electron chi connectivity index (χ2n) is 10.8. The zero-order valence-electron chi connectivity index (χ0n) is 24.6. The molecule has 2 heterocycles. The highest BCUT2D eigenvalue weighted by molar-refractivity contribution is 9.10. The molecule has 1 unspecified atom stereocenters. The first-order chi connectivity index (χ1) is 21.1. The summed E-state index contributed by atoms with van der Waals surface area (Å²) < 4.78 is 56.7. The van der Waals surface area contributed by atoms with Gasteiger partial charge in [0.15, 0.2) is 15.4 Å². The molecule has 0 spiro atoms. The van der Waals surface area contributed by atoms with Gasteiger partial charge in [0.25, 0.3) is 0 Å². The van der Waals surface area contributed by atoms with Gasteiger partial charge in [-0.1, -0.05) is 12.1 Å². The lowest BCUT2D eigenvalue weighted by atomic mass is 9.89. The number of hydrogen-bond donors (Lipinski definition) is 2. The molecule has 0 amide bonds. The van der Waals surface area contributed by atoms with Crippen molar-refractivity contribution in [1.82, 2.24) is 15.3 Å². The Balaban J connectivity index is 1.38. The summed E-state index contributed by atoms with van der Waals surface area (Å²) in [5.41, 5.74) is 2.14. The number of methoxy groups -OCH3 is 1. The first-order valence-corrected chi connectivity index (χ1v) is 16.6. The molecule has 9 nitrogen and oxygen atoms in total. The molecular formula is C32H34BrFN4O5S. The van der Waals surface area contributed by atoms with Crippen LogP contribution in [0, 0.1) is 5.82 Å². The summed E-state index contributed by atoms with van der Waals surface area (Å²) in [5, 5.41) is 6.98. The Bertz CT molecular complexity index is 1780. The summed E-state index contributed by atoms with van der Waals surface area (Å²) in [6.45, 7) is 4.27. The molecule has 0 radical (unpaired) electrons. The van der Waals surface area contributed by atoms with Crippen LogP contribution in [0.4, 0.5) is 15.9 Å². The topological polar surface area (TPSA) is 112 Å². The number of hydrogen-bond acceptors (Lipinski definition) is 9. The first kappa shape index (κ1) is 31.7. The molecule has 1 aromatic heterocycles. The molecule has 4 aromatic rings. The molecule has 0 fully saturated rings. The van der Waals surface area contributed by atoms with Crippen molar-refractivity contribution in [3.05, 3.63) is 94.7 Å². The maximum absolute atomic E-state index is 13.5. The van der Waals surface area contributed by atoms with E-state index < -0.39 is 20.7 Å². The van der Waals surface area contributed by atoms with E-state index in [9.17, 15) is 12.8 Å². The van der Waals surface area contributed by atoms with Crippen molar-refractivity contribution >= 4 is 48.2 Å². The Labute approximate surface area is 264 Å². The van der Waals surface area contributed by atoms with Crippen molar-refractivity contribution in [3.63, 3.8) is 0 Å². The SMILES string of the molecule is COc1cc2ncnc(Nc3ccc(OCc4cccc(F)c4)c(Br)c3)c2cc1C1(CNCCS(=O)(=O)C(C)C)CC=CO1. The van der Waals surface area contributed by atoms with Gasteiger partial charge < -0.3 is 24.8 Å². The van der Waals surface area contributed by atoms with Crippen LogP contribution >= 0.6 is 15.9 Å². The average molecular weight is 686 g/mol. The van der Waals surface area contributed by atoms with Crippen LogP contribution in [0.3, 0.4) is 0 Å². The van der Waals surface area contributed by atoms with Gasteiger partial charge in [-0.05, 0) is 77.8 Å². The summed E-state index contributed by atoms with van der Waals surface area (Å²) in [6.07, 6.45) is 5.65. The number of anilines is 2. The Morgan fingerprint density at radius 3 is 2.66 bits per heavy atom. The molecule has 3 aromatic carbocycles. The second-order valence-corrected chi connectivity index (χ2v) is 14.3. The third kappa shape index (κ3) is 7.14. The van der Waals surface area contributed by atoms with E-state index in [2.05, 4.69) is 36.5 Å². The fourth-order valence-corrected chi connectivity index (χ4v) is 6.31. The van der Waals surface area contributed by atoms with E-state index in [1.54, 1.807) is 39.4 Å². The van der Waals surface area contributed by atoms with Crippen LogP contribution < -0.4 is 20.1 Å². The highest BCUT2D eigenvalue weighted by Gasteiger charge is 2.38. The second kappa shape index (κ2) is 13.5. The van der Waals surface area contributed by atoms with E-state index in [1.807, 2.05) is 36.4 Å². The fraction of sp³-hybridized carbons (Fsp3) is 0.312. The Kier molecular flexibility index (Phi) is 9.72. The minimum atomic E-state index is -3.17. The lowest BCUT2D eigenvalue weighted by Crippen LogP contribution is -2.40. The van der Waals surface area contributed by atoms with Crippen LogP contribution in [-0.2, 0) is 26.8 Å². The van der Waals surface area contributed by atoms with Gasteiger partial charge in [-0.3, -0.25) is 0 Å². The fourth-order valence-electron chi connectivity index (χ4n) is 4.92. The van der Waals surface area contributed by atoms with Gasteiger partial charge in [0, 0.05) is 42.2 Å². The average Bonchev–Trinajstić information content (AvgIpc) is 3.48. The molecule has 12 heteroatoms. The predicted molar refractivity (Wildman–Crippen MR) is 173 cm³/mol. The van der Waals surface area contributed by atoms with Crippen molar-refractivity contribution in [3.8, 4) is 11.5 Å². The van der Waals surface area contributed by atoms with E-state index in [-0.39, 0.29) is 18.2 Å². The number of fused-ring (bicyclic) bond motifs is 1. The van der Waals surface area contributed by atoms with E-state index in [1.165, 1.54) is 18.5 Å². The first-order valence-electron chi connectivity index (χ1n) is 14.1. The lowest BCUT2D eigenvalue weighted by molar-refractivity contribution is 0.0396. The van der Waals surface area contributed by atoms with Gasteiger partial charge in [-0.2, -0.15) is 0 Å². The van der Waals surface area contributed by atoms with Gasteiger partial charge in [0.2, 0.25) is 0 Å². The van der Waals surface area contributed by atoms with Crippen LogP contribution in [0.15, 0.2) is 77.7 Å². The molecular weight excluding hydrogens is 651 g/mol. The van der Waals surface area contributed by atoms with E-state index >= 15 is 0 Å². The molecule has 44 heavy (non-hydrogen) atoms. The number of nitrogens with one attached hydrogen (secondary N) is 2. The summed E-state index contributed by atoms with van der Waals surface area (Å²) >= 11 is 3.57. The third-order valence-electron chi connectivity index (χ3n) is 7.46. The molecule has 232 valence electrons. The summed E-state index contributed by atoms with van der Waals surface area (Å²) in [5.74, 6) is 1.52. The monoisotopic (exact) mass is 684 g/mol. The van der Waals surface area contributed by atoms with Crippen molar-refractivity contribution in [2.24, 2.45) is 0 Å². The zero-order chi connectivity index (χ0) is 31.3. The molecule has 0 bridgehead atoms. The molecule has 1 atom stereocenters. The lowest BCUT2D eigenvalue weighted by Gasteiger charge is -2.31. The summed E-state index contributed by atoms with van der Waals surface area (Å²) in [7, 11) is -1.58. The van der Waals surface area contributed by atoms with Gasteiger partial charge in [0.1, 0.15) is 36.1 Å². The largest absolute Gasteiger partial charge is 0.496 e. The highest BCUT2D eigenvalue weighted by Crippen LogP contribution is 2.42. The quantitative estimate of drug-likeness (QED) is 0.154. The highest BCUT2D eigenvalue weighted by atomic mass is 79.9. The van der Waals surface area contributed by atoms with Crippen molar-refractivity contribution < 1.29 is 27.0 Å². The van der Waals surface area contributed by atoms with Gasteiger partial charge in [-0.15, -0.1) is 0 Å². The number of ether oxygens (including phenoxy) is 3. The maximum Gasteiger partial charge on any atom is 0.153 e. The van der Waals surface area contributed by atoms with Crippen LogP contribution in [0.2, 0.25) is 0 Å². The minimum Gasteiger partial charge on any atom is -0.496 e. The number of benzene rings is 3. The smallest absolute Gasteiger partial charge is 0.153 e. The number of aromatic nitrogens is 2. The number of nitrogens with zero attached hydrogens (tertiary/aromatic N) is 2. The molecule has 0 saturated carbocycles. The van der Waals surface area contributed by atoms with Crippen LogP contribution in [0.5, 0.6) is 11.5 Å². The van der Waals surface area contributed by atoms with E-state index in [0.717, 1.165) is 26.7 Å². The predicted octanol–water partition coefficient (Wildman–Crippen LogP) is 6.40. The van der Waals surface area contributed by atoms with Crippen molar-refractivity contribution in [2.45, 2.75) is 37.7 Å². The summed E-state index contributed by atoms with van der Waals surface area (Å²) in [6, 6.07) is 15.7. The maximum atomic E-state index is 13.5. The zero-order valence-corrected chi connectivity index (χ0v) is 27.0. The van der Waals surface area contributed by atoms with Gasteiger partial charge in [0.05, 0.1) is 34.4 Å². The van der Waals surface area contributed by atoms with Crippen LogP contribution in [0.25, 0.3) is 10.9 Å². The molecule has 1 aliphatic rings. The summed E-state index contributed by atoms with van der Waals surface area (Å²) in [4.78, 5) is 8.99. The van der Waals surface area contributed by atoms with E-state index in [4.69, 9.17) is 14.2 Å². The normalized spacial score (nSPS) is 16.3. The minimum absolute atomic E-state index is 0.0368.